The van der Waals surface area contributed by atoms with Crippen LogP contribution >= 0.6 is 0 Å². The third kappa shape index (κ3) is 2.58. The van der Waals surface area contributed by atoms with Crippen LogP contribution in [0.4, 0.5) is 0 Å². The molecule has 16 heavy (non-hydrogen) atoms. The zero-order valence-corrected chi connectivity index (χ0v) is 11.3. The predicted molar refractivity (Wildman–Crippen MR) is 68.8 cm³/mol. The molecule has 2 aliphatic rings. The van der Waals surface area contributed by atoms with E-state index in [9.17, 15) is 0 Å². The molecule has 3 nitrogen and oxygen atoms in total. The normalized spacial score (nSPS) is 40.1. The molecule has 2 fully saturated rings. The first kappa shape index (κ1) is 12.3. The zero-order valence-electron chi connectivity index (χ0n) is 11.3. The van der Waals surface area contributed by atoms with Crippen LogP contribution in [0, 0.1) is 0 Å². The first-order valence-electron chi connectivity index (χ1n) is 6.72. The third-order valence-corrected chi connectivity index (χ3v) is 4.67. The summed E-state index contributed by atoms with van der Waals surface area (Å²) in [5, 5.41) is 0. The van der Waals surface area contributed by atoms with Crippen molar-refractivity contribution in [3.63, 3.8) is 0 Å². The second-order valence-electron chi connectivity index (χ2n) is 5.83. The van der Waals surface area contributed by atoms with Gasteiger partial charge in [0.15, 0.2) is 0 Å². The molecule has 0 spiro atoms. The molecule has 3 heteroatoms. The molecule has 2 unspecified atom stereocenters. The van der Waals surface area contributed by atoms with E-state index in [1.54, 1.807) is 0 Å². The van der Waals surface area contributed by atoms with Crippen molar-refractivity contribution in [1.29, 1.82) is 0 Å². The maximum atomic E-state index is 2.72. The fourth-order valence-corrected chi connectivity index (χ4v) is 3.14. The van der Waals surface area contributed by atoms with Gasteiger partial charge in [0, 0.05) is 44.3 Å². The quantitative estimate of drug-likeness (QED) is 0.662. The summed E-state index contributed by atoms with van der Waals surface area (Å²) in [5.74, 6) is 0. The van der Waals surface area contributed by atoms with Crippen LogP contribution < -0.4 is 0 Å². The van der Waals surface area contributed by atoms with Crippen LogP contribution in [0.15, 0.2) is 0 Å². The third-order valence-electron chi connectivity index (χ3n) is 4.67. The molecule has 0 aliphatic carbocycles. The summed E-state index contributed by atoms with van der Waals surface area (Å²) in [6.45, 7) is 9.77. The minimum absolute atomic E-state index is 0.744. The average Bonchev–Trinajstić information content (AvgIpc) is 2.26. The second-order valence-corrected chi connectivity index (χ2v) is 5.83. The van der Waals surface area contributed by atoms with Gasteiger partial charge in [0.1, 0.15) is 0 Å². The number of piperazine rings is 1. The second kappa shape index (κ2) is 5.03. The van der Waals surface area contributed by atoms with Crippen LogP contribution in [0.3, 0.4) is 0 Å². The van der Waals surface area contributed by atoms with Gasteiger partial charge in [-0.25, -0.2) is 0 Å². The molecule has 2 saturated heterocycles. The van der Waals surface area contributed by atoms with Crippen LogP contribution in [0.1, 0.15) is 26.7 Å². The van der Waals surface area contributed by atoms with Crippen LogP contribution in [-0.4, -0.2) is 73.1 Å². The van der Waals surface area contributed by atoms with Crippen LogP contribution in [0.5, 0.6) is 0 Å². The van der Waals surface area contributed by atoms with Gasteiger partial charge in [0.2, 0.25) is 0 Å². The van der Waals surface area contributed by atoms with E-state index in [0.717, 1.165) is 18.1 Å². The minimum atomic E-state index is 0.744. The smallest absolute Gasteiger partial charge is 0.0126 e. The lowest BCUT2D eigenvalue weighted by Gasteiger charge is -2.46. The average molecular weight is 225 g/mol. The molecule has 0 aromatic rings. The van der Waals surface area contributed by atoms with Gasteiger partial charge in [-0.3, -0.25) is 4.90 Å². The Morgan fingerprint density at radius 3 is 1.81 bits per heavy atom. The molecule has 2 rings (SSSR count). The van der Waals surface area contributed by atoms with E-state index in [2.05, 4.69) is 42.6 Å². The van der Waals surface area contributed by atoms with Crippen molar-refractivity contribution in [3.8, 4) is 0 Å². The Hall–Kier alpha value is -0.120. The van der Waals surface area contributed by atoms with Gasteiger partial charge in [-0.05, 0) is 40.8 Å². The standard InChI is InChI=1S/C13H27N3/c1-11-9-13(10-12(2)15(11)4)16-7-5-14(3)6-8-16/h11-13H,5-10H2,1-4H3. The van der Waals surface area contributed by atoms with Crippen molar-refractivity contribution in [2.75, 3.05) is 40.3 Å². The number of hydrogen-bond acceptors (Lipinski definition) is 3. The molecule has 2 atom stereocenters. The van der Waals surface area contributed by atoms with Crippen molar-refractivity contribution in [3.05, 3.63) is 0 Å². The predicted octanol–water partition coefficient (Wildman–Crippen LogP) is 1.10. The Kier molecular flexibility index (Phi) is 3.88. The molecule has 2 heterocycles. The zero-order chi connectivity index (χ0) is 11.7. The number of likely N-dealkylation sites (tertiary alicyclic amines) is 1. The van der Waals surface area contributed by atoms with E-state index >= 15 is 0 Å². The number of rotatable bonds is 1. The maximum Gasteiger partial charge on any atom is 0.0126 e. The highest BCUT2D eigenvalue weighted by Gasteiger charge is 2.32. The maximum absolute atomic E-state index is 2.72. The van der Waals surface area contributed by atoms with Gasteiger partial charge < -0.3 is 9.80 Å². The van der Waals surface area contributed by atoms with E-state index in [4.69, 9.17) is 0 Å². The molecule has 0 aromatic carbocycles. The van der Waals surface area contributed by atoms with Crippen molar-refractivity contribution in [2.24, 2.45) is 0 Å². The highest BCUT2D eigenvalue weighted by atomic mass is 15.3. The highest BCUT2D eigenvalue weighted by Crippen LogP contribution is 2.25. The molecule has 2 aliphatic heterocycles. The van der Waals surface area contributed by atoms with Gasteiger partial charge in [-0.1, -0.05) is 0 Å². The van der Waals surface area contributed by atoms with Gasteiger partial charge in [0.05, 0.1) is 0 Å². The summed E-state index contributed by atoms with van der Waals surface area (Å²) < 4.78 is 0. The fraction of sp³-hybridized carbons (Fsp3) is 1.00. The van der Waals surface area contributed by atoms with E-state index in [1.165, 1.54) is 39.0 Å². The summed E-state index contributed by atoms with van der Waals surface area (Å²) in [5.41, 5.74) is 0. The lowest BCUT2D eigenvalue weighted by molar-refractivity contribution is 0.0300. The first-order valence-corrected chi connectivity index (χ1v) is 6.72. The molecular weight excluding hydrogens is 198 g/mol. The summed E-state index contributed by atoms with van der Waals surface area (Å²) in [7, 11) is 4.51. The Labute approximate surface area is 100 Å². The Morgan fingerprint density at radius 1 is 0.812 bits per heavy atom. The number of hydrogen-bond donors (Lipinski definition) is 0. The number of nitrogens with zero attached hydrogens (tertiary/aromatic N) is 3. The fourth-order valence-electron chi connectivity index (χ4n) is 3.14. The van der Waals surface area contributed by atoms with Gasteiger partial charge in [-0.15, -0.1) is 0 Å². The lowest BCUT2D eigenvalue weighted by Crippen LogP contribution is -2.55. The molecule has 0 bridgehead atoms. The van der Waals surface area contributed by atoms with Crippen molar-refractivity contribution in [2.45, 2.75) is 44.8 Å². The van der Waals surface area contributed by atoms with E-state index in [-0.39, 0.29) is 0 Å². The topological polar surface area (TPSA) is 9.72 Å². The molecule has 0 N–H and O–H groups in total. The molecule has 0 aromatic heterocycles. The molecule has 0 saturated carbocycles. The summed E-state index contributed by atoms with van der Waals surface area (Å²) in [4.78, 5) is 7.70. The SMILES string of the molecule is CC1CC(N2CCN(C)CC2)CC(C)N1C. The van der Waals surface area contributed by atoms with E-state index in [0.29, 0.717) is 0 Å². The van der Waals surface area contributed by atoms with Gasteiger partial charge in [-0.2, -0.15) is 0 Å². The van der Waals surface area contributed by atoms with Crippen molar-refractivity contribution >= 4 is 0 Å². The summed E-state index contributed by atoms with van der Waals surface area (Å²) >= 11 is 0. The minimum Gasteiger partial charge on any atom is -0.304 e. The van der Waals surface area contributed by atoms with Crippen LogP contribution in [-0.2, 0) is 0 Å². The van der Waals surface area contributed by atoms with Crippen molar-refractivity contribution < 1.29 is 0 Å². The van der Waals surface area contributed by atoms with Crippen LogP contribution in [0.2, 0.25) is 0 Å². The van der Waals surface area contributed by atoms with E-state index < -0.39 is 0 Å². The molecule has 0 radical (unpaired) electrons. The molecule has 94 valence electrons. The molecule has 0 amide bonds. The van der Waals surface area contributed by atoms with Gasteiger partial charge >= 0.3 is 0 Å². The Balaban J connectivity index is 1.90. The highest BCUT2D eigenvalue weighted by molar-refractivity contribution is 4.89. The largest absolute Gasteiger partial charge is 0.304 e. The van der Waals surface area contributed by atoms with Gasteiger partial charge in [0.25, 0.3) is 0 Å². The Morgan fingerprint density at radius 2 is 1.31 bits per heavy atom. The monoisotopic (exact) mass is 225 g/mol. The van der Waals surface area contributed by atoms with Crippen molar-refractivity contribution in [1.82, 2.24) is 14.7 Å². The molecular formula is C13H27N3. The summed E-state index contributed by atoms with van der Waals surface area (Å²) in [6, 6.07) is 2.32. The lowest BCUT2D eigenvalue weighted by atomic mass is 9.92. The number of piperidine rings is 1. The summed E-state index contributed by atoms with van der Waals surface area (Å²) in [6.07, 6.45) is 2.70. The number of likely N-dealkylation sites (N-methyl/N-ethyl adjacent to an activating group) is 1. The Bertz CT molecular complexity index is 211. The van der Waals surface area contributed by atoms with E-state index in [1.807, 2.05) is 0 Å². The first-order chi connectivity index (χ1) is 7.58. The van der Waals surface area contributed by atoms with Crippen LogP contribution in [0.25, 0.3) is 0 Å².